The van der Waals surface area contributed by atoms with Crippen LogP contribution in [0.25, 0.3) is 0 Å². The molecule has 0 aliphatic heterocycles. The van der Waals surface area contributed by atoms with Gasteiger partial charge in [-0.3, -0.25) is 0 Å². The number of rotatable bonds is 6. The molecule has 0 aliphatic carbocycles. The van der Waals surface area contributed by atoms with Gasteiger partial charge in [0.2, 0.25) is 0 Å². The average molecular weight is 202 g/mol. The first-order valence-corrected chi connectivity index (χ1v) is 5.95. The molecule has 0 aromatic heterocycles. The Morgan fingerprint density at radius 3 is 1.93 bits per heavy atom. The third-order valence-electron chi connectivity index (χ3n) is 2.97. The maximum absolute atomic E-state index is 13.6. The van der Waals surface area contributed by atoms with Crippen molar-refractivity contribution >= 4 is 0 Å². The summed E-state index contributed by atoms with van der Waals surface area (Å²) >= 11 is 0. The zero-order valence-corrected chi connectivity index (χ0v) is 10.7. The molecule has 1 heteroatoms. The Hall–Kier alpha value is -0.0700. The summed E-state index contributed by atoms with van der Waals surface area (Å²) in [6.07, 6.45) is 3.02. The normalized spacial score (nSPS) is 17.1. The molecule has 0 saturated heterocycles. The van der Waals surface area contributed by atoms with E-state index in [1.165, 1.54) is 0 Å². The Morgan fingerprint density at radius 2 is 1.64 bits per heavy atom. The van der Waals surface area contributed by atoms with Crippen LogP contribution in [0.3, 0.4) is 0 Å². The molecule has 0 heterocycles. The van der Waals surface area contributed by atoms with Crippen LogP contribution in [0.5, 0.6) is 0 Å². The van der Waals surface area contributed by atoms with Gasteiger partial charge in [0.1, 0.15) is 5.67 Å². The number of hydrogen-bond donors (Lipinski definition) is 0. The van der Waals surface area contributed by atoms with E-state index >= 15 is 0 Å². The van der Waals surface area contributed by atoms with E-state index in [2.05, 4.69) is 27.7 Å². The van der Waals surface area contributed by atoms with Crippen molar-refractivity contribution < 1.29 is 4.39 Å². The first kappa shape index (κ1) is 13.9. The lowest BCUT2D eigenvalue weighted by Crippen LogP contribution is -2.23. The van der Waals surface area contributed by atoms with Crippen molar-refractivity contribution in [2.24, 2.45) is 17.8 Å². The van der Waals surface area contributed by atoms with Gasteiger partial charge in [-0.05, 0) is 44.4 Å². The van der Waals surface area contributed by atoms with E-state index in [0.29, 0.717) is 24.2 Å². The van der Waals surface area contributed by atoms with Crippen molar-refractivity contribution in [3.63, 3.8) is 0 Å². The van der Waals surface area contributed by atoms with E-state index < -0.39 is 5.67 Å². The van der Waals surface area contributed by atoms with Crippen molar-refractivity contribution in [1.29, 1.82) is 0 Å². The summed E-state index contributed by atoms with van der Waals surface area (Å²) in [4.78, 5) is 0. The molecule has 0 radical (unpaired) electrons. The van der Waals surface area contributed by atoms with Crippen LogP contribution < -0.4 is 0 Å². The minimum atomic E-state index is -1.01. The molecule has 0 saturated carbocycles. The molecule has 0 rings (SSSR count). The Bertz CT molecular complexity index is 144. The first-order valence-electron chi connectivity index (χ1n) is 5.95. The molecule has 14 heavy (non-hydrogen) atoms. The molecule has 0 aromatic rings. The smallest absolute Gasteiger partial charge is 0.105 e. The minimum absolute atomic E-state index is 0.542. The van der Waals surface area contributed by atoms with Crippen molar-refractivity contribution in [3.05, 3.63) is 0 Å². The first-order chi connectivity index (χ1) is 6.26. The fourth-order valence-corrected chi connectivity index (χ4v) is 2.08. The Kier molecular flexibility index (Phi) is 5.70. The highest BCUT2D eigenvalue weighted by molar-refractivity contribution is 4.76. The Balaban J connectivity index is 4.25. The summed E-state index contributed by atoms with van der Waals surface area (Å²) < 4.78 is 13.6. The van der Waals surface area contributed by atoms with Crippen LogP contribution in [0, 0.1) is 17.8 Å². The molecule has 0 aromatic carbocycles. The van der Waals surface area contributed by atoms with Crippen LogP contribution in [0.4, 0.5) is 4.39 Å². The molecule has 0 aliphatic rings. The summed E-state index contributed by atoms with van der Waals surface area (Å²) in [5.74, 6) is 1.86. The highest BCUT2D eigenvalue weighted by atomic mass is 19.1. The zero-order valence-electron chi connectivity index (χ0n) is 10.7. The van der Waals surface area contributed by atoms with E-state index in [4.69, 9.17) is 0 Å². The van der Waals surface area contributed by atoms with Gasteiger partial charge in [0, 0.05) is 0 Å². The standard InChI is InChI=1S/C13H27F/c1-7-11(4)12(8-10(2)3)9-13(5,6)14/h10-12H,7-9H2,1-6H3. The second-order valence-corrected chi connectivity index (χ2v) is 5.70. The average Bonchev–Trinajstić information content (AvgIpc) is 1.98. The van der Waals surface area contributed by atoms with Gasteiger partial charge >= 0.3 is 0 Å². The molecule has 86 valence electrons. The maximum Gasteiger partial charge on any atom is 0.105 e. The summed E-state index contributed by atoms with van der Waals surface area (Å²) in [5, 5.41) is 0. The Morgan fingerprint density at radius 1 is 1.14 bits per heavy atom. The lowest BCUT2D eigenvalue weighted by Gasteiger charge is -2.29. The van der Waals surface area contributed by atoms with E-state index in [1.807, 2.05) is 0 Å². The van der Waals surface area contributed by atoms with Gasteiger partial charge in [-0.15, -0.1) is 0 Å². The second-order valence-electron chi connectivity index (χ2n) is 5.70. The van der Waals surface area contributed by atoms with Crippen LogP contribution in [-0.2, 0) is 0 Å². The van der Waals surface area contributed by atoms with E-state index in [0.717, 1.165) is 12.8 Å². The van der Waals surface area contributed by atoms with Crippen LogP contribution in [0.15, 0.2) is 0 Å². The van der Waals surface area contributed by atoms with E-state index in [9.17, 15) is 4.39 Å². The van der Waals surface area contributed by atoms with Gasteiger partial charge in [0.15, 0.2) is 0 Å². The van der Waals surface area contributed by atoms with Crippen LogP contribution in [-0.4, -0.2) is 5.67 Å². The van der Waals surface area contributed by atoms with Crippen LogP contribution >= 0.6 is 0 Å². The molecule has 0 nitrogen and oxygen atoms in total. The number of hydrogen-bond acceptors (Lipinski definition) is 0. The molecule has 2 atom stereocenters. The summed E-state index contributed by atoms with van der Waals surface area (Å²) in [5.41, 5.74) is -1.01. The summed E-state index contributed by atoms with van der Waals surface area (Å²) in [6, 6.07) is 0. The molecule has 2 unspecified atom stereocenters. The predicted molar refractivity (Wildman–Crippen MR) is 62.2 cm³/mol. The molecular formula is C13H27F. The highest BCUT2D eigenvalue weighted by Gasteiger charge is 2.26. The van der Waals surface area contributed by atoms with E-state index in [1.54, 1.807) is 13.8 Å². The Labute approximate surface area is 89.3 Å². The quantitative estimate of drug-likeness (QED) is 0.578. The van der Waals surface area contributed by atoms with Crippen molar-refractivity contribution in [2.45, 2.75) is 66.5 Å². The summed E-state index contributed by atoms with van der Waals surface area (Å²) in [6.45, 7) is 12.3. The third-order valence-corrected chi connectivity index (χ3v) is 2.97. The lowest BCUT2D eigenvalue weighted by atomic mass is 9.79. The maximum atomic E-state index is 13.6. The highest BCUT2D eigenvalue weighted by Crippen LogP contribution is 2.32. The molecule has 0 fully saturated rings. The monoisotopic (exact) mass is 202 g/mol. The van der Waals surface area contributed by atoms with Crippen molar-refractivity contribution in [2.75, 3.05) is 0 Å². The fourth-order valence-electron chi connectivity index (χ4n) is 2.08. The van der Waals surface area contributed by atoms with Gasteiger partial charge in [-0.25, -0.2) is 4.39 Å². The fraction of sp³-hybridized carbons (Fsp3) is 1.00. The number of alkyl halides is 1. The van der Waals surface area contributed by atoms with Crippen LogP contribution in [0.1, 0.15) is 60.8 Å². The largest absolute Gasteiger partial charge is 0.244 e. The third kappa shape index (κ3) is 6.39. The predicted octanol–water partition coefficient (Wildman–Crippen LogP) is 4.83. The van der Waals surface area contributed by atoms with Gasteiger partial charge in [0.05, 0.1) is 0 Å². The number of halogens is 1. The van der Waals surface area contributed by atoms with Gasteiger partial charge in [-0.2, -0.15) is 0 Å². The molecule has 0 spiro atoms. The molecule has 0 bridgehead atoms. The van der Waals surface area contributed by atoms with Crippen molar-refractivity contribution in [3.8, 4) is 0 Å². The van der Waals surface area contributed by atoms with Crippen LogP contribution in [0.2, 0.25) is 0 Å². The lowest BCUT2D eigenvalue weighted by molar-refractivity contribution is 0.131. The topological polar surface area (TPSA) is 0 Å². The zero-order chi connectivity index (χ0) is 11.4. The van der Waals surface area contributed by atoms with Gasteiger partial charge < -0.3 is 0 Å². The molecule has 0 N–H and O–H groups in total. The second kappa shape index (κ2) is 5.72. The van der Waals surface area contributed by atoms with E-state index in [-0.39, 0.29) is 0 Å². The van der Waals surface area contributed by atoms with Crippen molar-refractivity contribution in [1.82, 2.24) is 0 Å². The SMILES string of the molecule is CCC(C)C(CC(C)C)CC(C)(C)F. The van der Waals surface area contributed by atoms with Gasteiger partial charge in [0.25, 0.3) is 0 Å². The molecule has 0 amide bonds. The minimum Gasteiger partial charge on any atom is -0.244 e. The molecular weight excluding hydrogens is 175 g/mol. The summed E-state index contributed by atoms with van der Waals surface area (Å²) in [7, 11) is 0. The van der Waals surface area contributed by atoms with Gasteiger partial charge in [-0.1, -0.05) is 34.1 Å².